The van der Waals surface area contributed by atoms with E-state index >= 15 is 0 Å². The normalized spacial score (nSPS) is 16.6. The van der Waals surface area contributed by atoms with Gasteiger partial charge in [0.2, 0.25) is 0 Å². The van der Waals surface area contributed by atoms with Crippen LogP contribution in [0.25, 0.3) is 0 Å². The lowest BCUT2D eigenvalue weighted by atomic mass is 9.92. The number of anilines is 1. The molecule has 3 nitrogen and oxygen atoms in total. The third kappa shape index (κ3) is 4.48. The second-order valence-electron chi connectivity index (χ2n) is 5.88. The van der Waals surface area contributed by atoms with Crippen molar-refractivity contribution in [1.82, 2.24) is 10.3 Å². The number of hydrogen-bond acceptors (Lipinski definition) is 3. The molecule has 0 aromatic carbocycles. The first kappa shape index (κ1) is 15.3. The van der Waals surface area contributed by atoms with Crippen LogP contribution in [-0.4, -0.2) is 24.6 Å². The molecule has 0 unspecified atom stereocenters. The van der Waals surface area contributed by atoms with Crippen molar-refractivity contribution in [3.05, 3.63) is 23.9 Å². The van der Waals surface area contributed by atoms with Gasteiger partial charge in [-0.25, -0.2) is 4.98 Å². The molecular weight excluding hydrogens is 246 g/mol. The average molecular weight is 275 g/mol. The standard InChI is InChI=1S/C17H29N3/c1-3-6-15-9-12-20(13-10-15)17-8-5-7-16(19-17)14-18-11-4-2/h5,7-8,15,18H,3-4,6,9-14H2,1-2H3. The Morgan fingerprint density at radius 1 is 1.20 bits per heavy atom. The van der Waals surface area contributed by atoms with Crippen LogP contribution in [0.4, 0.5) is 5.82 Å². The van der Waals surface area contributed by atoms with Crippen molar-refractivity contribution in [2.45, 2.75) is 52.5 Å². The Morgan fingerprint density at radius 2 is 2.00 bits per heavy atom. The van der Waals surface area contributed by atoms with Crippen LogP contribution < -0.4 is 10.2 Å². The Kier molecular flexibility index (Phi) is 6.31. The molecule has 0 amide bonds. The Bertz CT molecular complexity index is 384. The summed E-state index contributed by atoms with van der Waals surface area (Å²) in [6.45, 7) is 8.77. The first-order valence-electron chi connectivity index (χ1n) is 8.25. The highest BCUT2D eigenvalue weighted by atomic mass is 15.2. The molecule has 0 saturated carbocycles. The Hall–Kier alpha value is -1.09. The van der Waals surface area contributed by atoms with Crippen LogP contribution in [0.5, 0.6) is 0 Å². The lowest BCUT2D eigenvalue weighted by Gasteiger charge is -2.33. The number of aromatic nitrogens is 1. The minimum Gasteiger partial charge on any atom is -0.357 e. The van der Waals surface area contributed by atoms with Crippen LogP contribution >= 0.6 is 0 Å². The van der Waals surface area contributed by atoms with Gasteiger partial charge in [-0.1, -0.05) is 32.8 Å². The predicted molar refractivity (Wildman–Crippen MR) is 86.1 cm³/mol. The van der Waals surface area contributed by atoms with Gasteiger partial charge in [-0.15, -0.1) is 0 Å². The zero-order valence-corrected chi connectivity index (χ0v) is 13.1. The van der Waals surface area contributed by atoms with Gasteiger partial charge in [0.25, 0.3) is 0 Å². The first-order valence-corrected chi connectivity index (χ1v) is 8.25. The Morgan fingerprint density at radius 3 is 2.70 bits per heavy atom. The van der Waals surface area contributed by atoms with E-state index in [1.165, 1.54) is 45.2 Å². The molecule has 1 saturated heterocycles. The van der Waals surface area contributed by atoms with E-state index in [1.54, 1.807) is 0 Å². The second kappa shape index (κ2) is 8.25. The van der Waals surface area contributed by atoms with Gasteiger partial charge < -0.3 is 10.2 Å². The number of nitrogens with one attached hydrogen (secondary N) is 1. The summed E-state index contributed by atoms with van der Waals surface area (Å²) in [4.78, 5) is 7.26. The molecule has 20 heavy (non-hydrogen) atoms. The third-order valence-electron chi connectivity index (χ3n) is 4.16. The first-order chi connectivity index (χ1) is 9.83. The van der Waals surface area contributed by atoms with Gasteiger partial charge in [-0.3, -0.25) is 0 Å². The minimum absolute atomic E-state index is 0.883. The largest absolute Gasteiger partial charge is 0.357 e. The SMILES string of the molecule is CCCNCc1cccc(N2CCC(CCC)CC2)n1. The molecule has 1 aromatic heterocycles. The van der Waals surface area contributed by atoms with E-state index in [9.17, 15) is 0 Å². The Balaban J connectivity index is 1.87. The van der Waals surface area contributed by atoms with E-state index in [2.05, 4.69) is 42.3 Å². The number of pyridine rings is 1. The minimum atomic E-state index is 0.883. The number of piperidine rings is 1. The van der Waals surface area contributed by atoms with Gasteiger partial charge in [0.1, 0.15) is 5.82 Å². The monoisotopic (exact) mass is 275 g/mol. The summed E-state index contributed by atoms with van der Waals surface area (Å²) in [5.74, 6) is 2.10. The van der Waals surface area contributed by atoms with Crippen molar-refractivity contribution in [3.63, 3.8) is 0 Å². The molecule has 1 aliphatic heterocycles. The summed E-state index contributed by atoms with van der Waals surface area (Å²) in [5.41, 5.74) is 1.16. The second-order valence-corrected chi connectivity index (χ2v) is 5.88. The van der Waals surface area contributed by atoms with Crippen LogP contribution in [0, 0.1) is 5.92 Å². The van der Waals surface area contributed by atoms with Crippen LogP contribution in [0.15, 0.2) is 18.2 Å². The van der Waals surface area contributed by atoms with E-state index in [4.69, 9.17) is 4.98 Å². The fraction of sp³-hybridized carbons (Fsp3) is 0.706. The zero-order valence-electron chi connectivity index (χ0n) is 13.1. The lowest BCUT2D eigenvalue weighted by Crippen LogP contribution is -2.34. The molecule has 0 radical (unpaired) electrons. The molecule has 1 N–H and O–H groups in total. The van der Waals surface area contributed by atoms with Crippen molar-refractivity contribution in [3.8, 4) is 0 Å². The van der Waals surface area contributed by atoms with Crippen LogP contribution in [0.2, 0.25) is 0 Å². The highest BCUT2D eigenvalue weighted by molar-refractivity contribution is 5.39. The summed E-state index contributed by atoms with van der Waals surface area (Å²) >= 11 is 0. The van der Waals surface area contributed by atoms with Crippen molar-refractivity contribution in [2.24, 2.45) is 5.92 Å². The maximum atomic E-state index is 4.80. The highest BCUT2D eigenvalue weighted by Gasteiger charge is 2.19. The van der Waals surface area contributed by atoms with E-state index in [1.807, 2.05) is 0 Å². The van der Waals surface area contributed by atoms with Gasteiger partial charge >= 0.3 is 0 Å². The van der Waals surface area contributed by atoms with Crippen LogP contribution in [0.3, 0.4) is 0 Å². The van der Waals surface area contributed by atoms with E-state index < -0.39 is 0 Å². The van der Waals surface area contributed by atoms with Gasteiger partial charge in [-0.05, 0) is 43.9 Å². The molecule has 0 atom stereocenters. The molecule has 0 bridgehead atoms. The fourth-order valence-corrected chi connectivity index (χ4v) is 2.99. The van der Waals surface area contributed by atoms with Crippen LogP contribution in [-0.2, 0) is 6.54 Å². The molecular formula is C17H29N3. The maximum absolute atomic E-state index is 4.80. The summed E-state index contributed by atoms with van der Waals surface area (Å²) < 4.78 is 0. The molecule has 1 aromatic rings. The molecule has 2 heterocycles. The summed E-state index contributed by atoms with van der Waals surface area (Å²) in [5, 5.41) is 3.42. The van der Waals surface area contributed by atoms with Gasteiger partial charge in [0.15, 0.2) is 0 Å². The van der Waals surface area contributed by atoms with Crippen molar-refractivity contribution >= 4 is 5.82 Å². The summed E-state index contributed by atoms with van der Waals surface area (Å²) in [6.07, 6.45) is 6.54. The zero-order chi connectivity index (χ0) is 14.2. The third-order valence-corrected chi connectivity index (χ3v) is 4.16. The molecule has 112 valence electrons. The lowest BCUT2D eigenvalue weighted by molar-refractivity contribution is 0.377. The molecule has 1 aliphatic rings. The van der Waals surface area contributed by atoms with Crippen molar-refractivity contribution in [1.29, 1.82) is 0 Å². The van der Waals surface area contributed by atoms with Gasteiger partial charge in [0.05, 0.1) is 5.69 Å². The molecule has 0 aliphatic carbocycles. The number of rotatable bonds is 7. The topological polar surface area (TPSA) is 28.2 Å². The van der Waals surface area contributed by atoms with Crippen LogP contribution in [0.1, 0.15) is 51.6 Å². The predicted octanol–water partition coefficient (Wildman–Crippen LogP) is 3.60. The average Bonchev–Trinajstić information content (AvgIpc) is 2.49. The Labute approximate surface area is 123 Å². The molecule has 2 rings (SSSR count). The molecule has 1 fully saturated rings. The quantitative estimate of drug-likeness (QED) is 0.771. The van der Waals surface area contributed by atoms with Gasteiger partial charge in [0, 0.05) is 19.6 Å². The maximum Gasteiger partial charge on any atom is 0.128 e. The number of hydrogen-bond donors (Lipinski definition) is 1. The summed E-state index contributed by atoms with van der Waals surface area (Å²) in [6, 6.07) is 6.42. The summed E-state index contributed by atoms with van der Waals surface area (Å²) in [7, 11) is 0. The van der Waals surface area contributed by atoms with E-state index in [0.717, 1.165) is 30.5 Å². The van der Waals surface area contributed by atoms with Crippen molar-refractivity contribution < 1.29 is 0 Å². The molecule has 0 spiro atoms. The van der Waals surface area contributed by atoms with E-state index in [0.29, 0.717) is 0 Å². The highest BCUT2D eigenvalue weighted by Crippen LogP contribution is 2.24. The smallest absolute Gasteiger partial charge is 0.128 e. The molecule has 3 heteroatoms. The number of nitrogens with zero attached hydrogens (tertiary/aromatic N) is 2. The van der Waals surface area contributed by atoms with Crippen molar-refractivity contribution in [2.75, 3.05) is 24.5 Å². The fourth-order valence-electron chi connectivity index (χ4n) is 2.99. The van der Waals surface area contributed by atoms with Gasteiger partial charge in [-0.2, -0.15) is 0 Å². The van der Waals surface area contributed by atoms with E-state index in [-0.39, 0.29) is 0 Å².